The second-order valence-corrected chi connectivity index (χ2v) is 9.02. The van der Waals surface area contributed by atoms with Crippen molar-refractivity contribution < 1.29 is 9.50 Å². The summed E-state index contributed by atoms with van der Waals surface area (Å²) in [4.78, 5) is 18.6. The van der Waals surface area contributed by atoms with Gasteiger partial charge in [0, 0.05) is 18.7 Å². The molecule has 0 saturated carbocycles. The SMILES string of the molecule is Cc1ccc2cc([C@@H](c3nnnn3Cc3ccc(F)cc3)N3CCC(O)CC3)c(=O)[nH]c2c1C. The molecule has 4 aromatic rings. The molecular formula is C25H27FN6O2. The minimum atomic E-state index is -0.488. The van der Waals surface area contributed by atoms with E-state index in [9.17, 15) is 14.3 Å². The van der Waals surface area contributed by atoms with Gasteiger partial charge in [-0.25, -0.2) is 9.07 Å². The molecule has 5 rings (SSSR count). The topological polar surface area (TPSA) is 99.9 Å². The number of pyridine rings is 1. The molecule has 0 unspecified atom stereocenters. The maximum atomic E-state index is 13.4. The Morgan fingerprint density at radius 3 is 2.62 bits per heavy atom. The van der Waals surface area contributed by atoms with E-state index in [0.717, 1.165) is 27.6 Å². The van der Waals surface area contributed by atoms with E-state index < -0.39 is 6.04 Å². The van der Waals surface area contributed by atoms with Crippen LogP contribution in [0.15, 0.2) is 47.3 Å². The number of tetrazole rings is 1. The van der Waals surface area contributed by atoms with Crippen LogP contribution in [-0.2, 0) is 6.54 Å². The van der Waals surface area contributed by atoms with Gasteiger partial charge in [0.05, 0.1) is 18.2 Å². The van der Waals surface area contributed by atoms with Crippen LogP contribution >= 0.6 is 0 Å². The van der Waals surface area contributed by atoms with Crippen molar-refractivity contribution in [2.24, 2.45) is 0 Å². The number of hydrogen-bond acceptors (Lipinski definition) is 6. The summed E-state index contributed by atoms with van der Waals surface area (Å²) in [6.07, 6.45) is 0.868. The number of aliphatic hydroxyl groups excluding tert-OH is 1. The minimum Gasteiger partial charge on any atom is -0.393 e. The predicted octanol–water partition coefficient (Wildman–Crippen LogP) is 2.86. The van der Waals surface area contributed by atoms with Gasteiger partial charge < -0.3 is 10.1 Å². The molecule has 1 fully saturated rings. The van der Waals surface area contributed by atoms with Gasteiger partial charge in [-0.2, -0.15) is 0 Å². The van der Waals surface area contributed by atoms with Gasteiger partial charge in [0.2, 0.25) is 0 Å². The highest BCUT2D eigenvalue weighted by atomic mass is 19.1. The zero-order valence-electron chi connectivity index (χ0n) is 19.2. The molecule has 176 valence electrons. The number of nitrogens with zero attached hydrogens (tertiary/aromatic N) is 5. The lowest BCUT2D eigenvalue weighted by Crippen LogP contribution is -2.41. The maximum absolute atomic E-state index is 13.4. The van der Waals surface area contributed by atoms with E-state index in [4.69, 9.17) is 0 Å². The zero-order chi connectivity index (χ0) is 23.8. The number of rotatable bonds is 5. The summed E-state index contributed by atoms with van der Waals surface area (Å²) in [6, 6.07) is 11.7. The third-order valence-corrected chi connectivity index (χ3v) is 6.79. The smallest absolute Gasteiger partial charge is 0.253 e. The first-order valence-electron chi connectivity index (χ1n) is 11.5. The number of benzene rings is 2. The molecule has 0 bridgehead atoms. The second-order valence-electron chi connectivity index (χ2n) is 9.02. The first kappa shape index (κ1) is 22.4. The normalized spacial score (nSPS) is 16.2. The number of H-pyrrole nitrogens is 1. The van der Waals surface area contributed by atoms with Crippen LogP contribution in [-0.4, -0.2) is 54.4 Å². The Bertz CT molecular complexity index is 1370. The van der Waals surface area contributed by atoms with Gasteiger partial charge in [-0.15, -0.1) is 5.10 Å². The second kappa shape index (κ2) is 9.08. The number of likely N-dealkylation sites (tertiary alicyclic amines) is 1. The summed E-state index contributed by atoms with van der Waals surface area (Å²) in [7, 11) is 0. The summed E-state index contributed by atoms with van der Waals surface area (Å²) in [5.74, 6) is 0.230. The standard InChI is InChI=1S/C25H27FN6O2/c1-15-3-6-18-13-21(25(34)27-22(18)16(15)2)23(31-11-9-20(33)10-12-31)24-28-29-30-32(24)14-17-4-7-19(26)8-5-17/h3-8,13,20,23,33H,9-12,14H2,1-2H3,(H,27,34)/t23-/m0/s1. The molecule has 1 saturated heterocycles. The number of halogens is 1. The lowest BCUT2D eigenvalue weighted by Gasteiger charge is -2.35. The molecular weight excluding hydrogens is 435 g/mol. The average molecular weight is 463 g/mol. The van der Waals surface area contributed by atoms with Gasteiger partial charge in [0.1, 0.15) is 11.9 Å². The molecule has 0 aliphatic carbocycles. The molecule has 0 radical (unpaired) electrons. The van der Waals surface area contributed by atoms with Gasteiger partial charge in [-0.3, -0.25) is 9.69 Å². The molecule has 1 aliphatic rings. The predicted molar refractivity (Wildman–Crippen MR) is 126 cm³/mol. The molecule has 0 amide bonds. The van der Waals surface area contributed by atoms with Crippen molar-refractivity contribution in [1.29, 1.82) is 0 Å². The van der Waals surface area contributed by atoms with Gasteiger partial charge >= 0.3 is 0 Å². The number of aryl methyl sites for hydroxylation is 2. The number of aromatic amines is 1. The Kier molecular flexibility index (Phi) is 5.97. The van der Waals surface area contributed by atoms with Crippen molar-refractivity contribution in [3.8, 4) is 0 Å². The summed E-state index contributed by atoms with van der Waals surface area (Å²) in [5.41, 5.74) is 4.20. The summed E-state index contributed by atoms with van der Waals surface area (Å²) < 4.78 is 15.0. The van der Waals surface area contributed by atoms with Crippen LogP contribution in [0.25, 0.3) is 10.9 Å². The quantitative estimate of drug-likeness (QED) is 0.473. The largest absolute Gasteiger partial charge is 0.393 e. The van der Waals surface area contributed by atoms with Crippen LogP contribution in [0.4, 0.5) is 4.39 Å². The molecule has 8 nitrogen and oxygen atoms in total. The van der Waals surface area contributed by atoms with E-state index in [1.807, 2.05) is 32.0 Å². The molecule has 2 N–H and O–H groups in total. The molecule has 3 heterocycles. The Labute approximate surface area is 196 Å². The van der Waals surface area contributed by atoms with Crippen molar-refractivity contribution in [3.05, 3.63) is 86.7 Å². The van der Waals surface area contributed by atoms with Crippen molar-refractivity contribution >= 4 is 10.9 Å². The van der Waals surface area contributed by atoms with Crippen LogP contribution in [0.2, 0.25) is 0 Å². The zero-order valence-corrected chi connectivity index (χ0v) is 19.2. The monoisotopic (exact) mass is 462 g/mol. The number of piperidine rings is 1. The molecule has 9 heteroatoms. The highest BCUT2D eigenvalue weighted by molar-refractivity contribution is 5.83. The fraction of sp³-hybridized carbons (Fsp3) is 0.360. The van der Waals surface area contributed by atoms with E-state index >= 15 is 0 Å². The Morgan fingerprint density at radius 1 is 1.15 bits per heavy atom. The van der Waals surface area contributed by atoms with E-state index in [0.29, 0.717) is 43.9 Å². The Balaban J connectivity index is 1.61. The fourth-order valence-corrected chi connectivity index (χ4v) is 4.67. The number of hydrogen-bond donors (Lipinski definition) is 2. The average Bonchev–Trinajstić information content (AvgIpc) is 3.28. The Hall–Kier alpha value is -3.43. The lowest BCUT2D eigenvalue weighted by atomic mass is 9.98. The van der Waals surface area contributed by atoms with Gasteiger partial charge in [-0.05, 0) is 77.4 Å². The van der Waals surface area contributed by atoms with Crippen LogP contribution in [0.5, 0.6) is 0 Å². The first-order valence-corrected chi connectivity index (χ1v) is 11.5. The van der Waals surface area contributed by atoms with Gasteiger partial charge in [-0.1, -0.05) is 24.3 Å². The molecule has 2 aromatic heterocycles. The third kappa shape index (κ3) is 4.24. The Morgan fingerprint density at radius 2 is 1.88 bits per heavy atom. The number of fused-ring (bicyclic) bond motifs is 1. The minimum absolute atomic E-state index is 0.186. The van der Waals surface area contributed by atoms with Crippen LogP contribution in [0.1, 0.15) is 47.0 Å². The molecule has 2 aromatic carbocycles. The number of aliphatic hydroxyl groups is 1. The van der Waals surface area contributed by atoms with Crippen molar-refractivity contribution in [2.75, 3.05) is 13.1 Å². The maximum Gasteiger partial charge on any atom is 0.253 e. The van der Waals surface area contributed by atoms with E-state index in [-0.39, 0.29) is 17.5 Å². The van der Waals surface area contributed by atoms with Crippen LogP contribution in [0, 0.1) is 19.7 Å². The summed E-state index contributed by atoms with van der Waals surface area (Å²) in [5, 5.41) is 23.4. The van der Waals surface area contributed by atoms with E-state index in [1.165, 1.54) is 12.1 Å². The van der Waals surface area contributed by atoms with Gasteiger partial charge in [0.15, 0.2) is 5.82 Å². The summed E-state index contributed by atoms with van der Waals surface area (Å²) in [6.45, 7) is 5.59. The van der Waals surface area contributed by atoms with Gasteiger partial charge in [0.25, 0.3) is 5.56 Å². The first-order chi connectivity index (χ1) is 16.4. The van der Waals surface area contributed by atoms with Crippen molar-refractivity contribution in [1.82, 2.24) is 30.1 Å². The highest BCUT2D eigenvalue weighted by Crippen LogP contribution is 2.30. The van der Waals surface area contributed by atoms with E-state index in [2.05, 4.69) is 25.4 Å². The highest BCUT2D eigenvalue weighted by Gasteiger charge is 2.33. The van der Waals surface area contributed by atoms with Crippen molar-refractivity contribution in [2.45, 2.75) is 45.4 Å². The lowest BCUT2D eigenvalue weighted by molar-refractivity contribution is 0.0659. The number of nitrogens with one attached hydrogen (secondary N) is 1. The fourth-order valence-electron chi connectivity index (χ4n) is 4.67. The molecule has 1 aliphatic heterocycles. The number of aromatic nitrogens is 5. The third-order valence-electron chi connectivity index (χ3n) is 6.79. The molecule has 0 spiro atoms. The summed E-state index contributed by atoms with van der Waals surface area (Å²) >= 11 is 0. The molecule has 34 heavy (non-hydrogen) atoms. The molecule has 1 atom stereocenters. The van der Waals surface area contributed by atoms with Crippen molar-refractivity contribution in [3.63, 3.8) is 0 Å². The van der Waals surface area contributed by atoms with E-state index in [1.54, 1.807) is 16.8 Å². The van der Waals surface area contributed by atoms with Crippen LogP contribution in [0.3, 0.4) is 0 Å². The van der Waals surface area contributed by atoms with Crippen LogP contribution < -0.4 is 5.56 Å².